The van der Waals surface area contributed by atoms with E-state index in [1.807, 2.05) is 18.3 Å². The van der Waals surface area contributed by atoms with E-state index in [4.69, 9.17) is 0 Å². The molecule has 4 heteroatoms. The molecular weight excluding hydrogens is 320 g/mol. The molecule has 84 valence electrons. The fourth-order valence-corrected chi connectivity index (χ4v) is 1.72. The van der Waals surface area contributed by atoms with Crippen molar-refractivity contribution >= 4 is 31.9 Å². The van der Waals surface area contributed by atoms with Crippen LogP contribution in [0.5, 0.6) is 0 Å². The van der Waals surface area contributed by atoms with Gasteiger partial charge in [-0.05, 0) is 49.0 Å². The lowest BCUT2D eigenvalue weighted by atomic mass is 10.1. The van der Waals surface area contributed by atoms with Crippen LogP contribution >= 0.6 is 31.9 Å². The van der Waals surface area contributed by atoms with Gasteiger partial charge in [0.25, 0.3) is 0 Å². The Hall–Kier alpha value is 0.0700. The molecule has 0 amide bonds. The molecule has 0 saturated carbocycles. The lowest BCUT2D eigenvalue weighted by Crippen LogP contribution is -2.42. The molecule has 0 aliphatic heterocycles. The second-order valence-electron chi connectivity index (χ2n) is 4.27. The molecule has 2 nitrogen and oxygen atoms in total. The van der Waals surface area contributed by atoms with Gasteiger partial charge in [-0.15, -0.1) is 0 Å². The van der Waals surface area contributed by atoms with E-state index >= 15 is 0 Å². The average Bonchev–Trinajstić information content (AvgIpc) is 2.21. The quantitative estimate of drug-likeness (QED) is 0.783. The van der Waals surface area contributed by atoms with E-state index in [1.165, 1.54) is 0 Å². The third-order valence-electron chi connectivity index (χ3n) is 2.55. The molecule has 0 atom stereocenters. The highest BCUT2D eigenvalue weighted by atomic mass is 79.9. The lowest BCUT2D eigenvalue weighted by molar-refractivity contribution is 0.171. The molecule has 0 unspecified atom stereocenters. The number of alkyl halides is 1. The van der Waals surface area contributed by atoms with Crippen molar-refractivity contribution in [2.24, 2.45) is 0 Å². The van der Waals surface area contributed by atoms with Crippen molar-refractivity contribution in [3.8, 4) is 0 Å². The van der Waals surface area contributed by atoms with Crippen molar-refractivity contribution in [1.82, 2.24) is 9.88 Å². The minimum atomic E-state index is 0.148. The van der Waals surface area contributed by atoms with Crippen LogP contribution in [-0.4, -0.2) is 27.8 Å². The molecule has 0 bridgehead atoms. The van der Waals surface area contributed by atoms with E-state index in [1.54, 1.807) is 0 Å². The van der Waals surface area contributed by atoms with Crippen LogP contribution in [0.4, 0.5) is 0 Å². The number of rotatable bonds is 4. The molecule has 0 aromatic carbocycles. The van der Waals surface area contributed by atoms with Crippen LogP contribution in [0, 0.1) is 0 Å². The molecule has 1 rings (SSSR count). The zero-order valence-corrected chi connectivity index (χ0v) is 12.5. The summed E-state index contributed by atoms with van der Waals surface area (Å²) in [7, 11) is 2.12. The van der Waals surface area contributed by atoms with Gasteiger partial charge in [0, 0.05) is 28.1 Å². The minimum absolute atomic E-state index is 0.148. The van der Waals surface area contributed by atoms with Crippen molar-refractivity contribution < 1.29 is 0 Å². The Kier molecular flexibility index (Phi) is 4.74. The van der Waals surface area contributed by atoms with Gasteiger partial charge in [-0.3, -0.25) is 9.88 Å². The van der Waals surface area contributed by atoms with Gasteiger partial charge in [0.15, 0.2) is 0 Å². The number of hydrogen-bond acceptors (Lipinski definition) is 2. The highest BCUT2D eigenvalue weighted by Crippen LogP contribution is 2.18. The van der Waals surface area contributed by atoms with Gasteiger partial charge >= 0.3 is 0 Å². The van der Waals surface area contributed by atoms with Gasteiger partial charge in [-0.2, -0.15) is 0 Å². The van der Waals surface area contributed by atoms with Crippen LogP contribution in [0.2, 0.25) is 0 Å². The molecular formula is C11H16Br2N2. The molecule has 15 heavy (non-hydrogen) atoms. The van der Waals surface area contributed by atoms with Crippen molar-refractivity contribution in [3.63, 3.8) is 0 Å². The zero-order chi connectivity index (χ0) is 11.5. The summed E-state index contributed by atoms with van der Waals surface area (Å²) in [6.07, 6.45) is 1.84. The van der Waals surface area contributed by atoms with E-state index in [-0.39, 0.29) is 5.54 Å². The Labute approximate surface area is 108 Å². The van der Waals surface area contributed by atoms with Gasteiger partial charge in [0.05, 0.1) is 5.69 Å². The number of halogens is 2. The minimum Gasteiger partial charge on any atom is -0.295 e. The van der Waals surface area contributed by atoms with Gasteiger partial charge < -0.3 is 0 Å². The molecule has 1 aromatic heterocycles. The van der Waals surface area contributed by atoms with Crippen molar-refractivity contribution in [3.05, 3.63) is 28.5 Å². The first kappa shape index (κ1) is 13.1. The smallest absolute Gasteiger partial charge is 0.0544 e. The normalized spacial score (nSPS) is 12.1. The fraction of sp³-hybridized carbons (Fsp3) is 0.545. The Morgan fingerprint density at radius 3 is 2.53 bits per heavy atom. The highest BCUT2D eigenvalue weighted by molar-refractivity contribution is 9.10. The molecule has 0 aliphatic carbocycles. The topological polar surface area (TPSA) is 16.1 Å². The largest absolute Gasteiger partial charge is 0.295 e. The Bertz CT molecular complexity index is 309. The summed E-state index contributed by atoms with van der Waals surface area (Å²) in [6.45, 7) is 5.28. The van der Waals surface area contributed by atoms with Gasteiger partial charge in [0.1, 0.15) is 0 Å². The average molecular weight is 336 g/mol. The van der Waals surface area contributed by atoms with Crippen LogP contribution in [0.25, 0.3) is 0 Å². The zero-order valence-electron chi connectivity index (χ0n) is 9.30. The van der Waals surface area contributed by atoms with Gasteiger partial charge in [-0.25, -0.2) is 0 Å². The van der Waals surface area contributed by atoms with Crippen LogP contribution in [-0.2, 0) is 6.54 Å². The maximum Gasteiger partial charge on any atom is 0.0544 e. The van der Waals surface area contributed by atoms with E-state index in [0.717, 1.165) is 22.0 Å². The third-order valence-corrected chi connectivity index (χ3v) is 4.39. The SMILES string of the molecule is CN(Cc1ccc(Br)cn1)C(C)(C)CBr. The number of nitrogens with zero attached hydrogens (tertiary/aromatic N) is 2. The molecule has 1 heterocycles. The van der Waals surface area contributed by atoms with Crippen molar-refractivity contribution in [2.75, 3.05) is 12.4 Å². The summed E-state index contributed by atoms with van der Waals surface area (Å²) in [4.78, 5) is 6.65. The van der Waals surface area contributed by atoms with E-state index in [2.05, 4.69) is 62.6 Å². The van der Waals surface area contributed by atoms with Crippen molar-refractivity contribution in [2.45, 2.75) is 25.9 Å². The molecule has 0 spiro atoms. The van der Waals surface area contributed by atoms with E-state index < -0.39 is 0 Å². The summed E-state index contributed by atoms with van der Waals surface area (Å²) < 4.78 is 1.02. The van der Waals surface area contributed by atoms with Gasteiger partial charge in [0.2, 0.25) is 0 Å². The summed E-state index contributed by atoms with van der Waals surface area (Å²) in [6, 6.07) is 4.07. The van der Waals surface area contributed by atoms with Crippen LogP contribution < -0.4 is 0 Å². The molecule has 0 radical (unpaired) electrons. The first-order valence-electron chi connectivity index (χ1n) is 4.83. The predicted molar refractivity (Wildman–Crippen MR) is 71.3 cm³/mol. The monoisotopic (exact) mass is 334 g/mol. The maximum absolute atomic E-state index is 4.36. The Morgan fingerprint density at radius 2 is 2.07 bits per heavy atom. The molecule has 0 N–H and O–H groups in total. The number of aromatic nitrogens is 1. The van der Waals surface area contributed by atoms with E-state index in [0.29, 0.717) is 0 Å². The summed E-state index contributed by atoms with van der Waals surface area (Å²) in [5.74, 6) is 0. The van der Waals surface area contributed by atoms with Crippen molar-refractivity contribution in [1.29, 1.82) is 0 Å². The van der Waals surface area contributed by atoms with Crippen LogP contribution in [0.3, 0.4) is 0 Å². The molecule has 0 aliphatic rings. The maximum atomic E-state index is 4.36. The molecule has 0 fully saturated rings. The molecule has 0 saturated heterocycles. The van der Waals surface area contributed by atoms with Gasteiger partial charge in [-0.1, -0.05) is 15.9 Å². The van der Waals surface area contributed by atoms with Crippen LogP contribution in [0.15, 0.2) is 22.8 Å². The first-order chi connectivity index (χ1) is 6.95. The second kappa shape index (κ2) is 5.41. The predicted octanol–water partition coefficient (Wildman–Crippen LogP) is 3.45. The molecule has 1 aromatic rings. The highest BCUT2D eigenvalue weighted by Gasteiger charge is 2.22. The number of hydrogen-bond donors (Lipinski definition) is 0. The Morgan fingerprint density at radius 1 is 1.40 bits per heavy atom. The summed E-state index contributed by atoms with van der Waals surface area (Å²) in [5.41, 5.74) is 1.24. The second-order valence-corrected chi connectivity index (χ2v) is 5.75. The fourth-order valence-electron chi connectivity index (χ4n) is 1.06. The standard InChI is InChI=1S/C11H16Br2N2/c1-11(2,8-12)15(3)7-10-5-4-9(13)6-14-10/h4-6H,7-8H2,1-3H3. The summed E-state index contributed by atoms with van der Waals surface area (Å²) >= 11 is 6.91. The number of pyridine rings is 1. The van der Waals surface area contributed by atoms with Crippen LogP contribution in [0.1, 0.15) is 19.5 Å². The summed E-state index contributed by atoms with van der Waals surface area (Å²) in [5, 5.41) is 0.951. The van der Waals surface area contributed by atoms with E-state index in [9.17, 15) is 0 Å². The third kappa shape index (κ3) is 3.85. The first-order valence-corrected chi connectivity index (χ1v) is 6.75. The Balaban J connectivity index is 2.66. The lowest BCUT2D eigenvalue weighted by Gasteiger charge is -2.33.